The average molecular weight is 435 g/mol. The Morgan fingerprint density at radius 2 is 1.72 bits per heavy atom. The highest BCUT2D eigenvalue weighted by Gasteiger charge is 2.59. The number of ether oxygens (including phenoxy) is 1. The van der Waals surface area contributed by atoms with Crippen molar-refractivity contribution in [2.75, 3.05) is 7.11 Å². The van der Waals surface area contributed by atoms with Gasteiger partial charge in [-0.05, 0) is 110 Å². The van der Waals surface area contributed by atoms with Gasteiger partial charge in [0.1, 0.15) is 5.78 Å². The molecule has 0 N–H and O–H groups in total. The van der Waals surface area contributed by atoms with Gasteiger partial charge in [0.05, 0.1) is 12.7 Å². The molecule has 4 aliphatic carbocycles. The number of esters is 1. The molecule has 0 bridgehead atoms. The van der Waals surface area contributed by atoms with Gasteiger partial charge in [-0.25, -0.2) is 4.79 Å². The Labute approximate surface area is 193 Å². The number of rotatable bonds is 3. The van der Waals surface area contributed by atoms with Crippen LogP contribution in [0.4, 0.5) is 0 Å². The van der Waals surface area contributed by atoms with E-state index in [-0.39, 0.29) is 17.3 Å². The minimum Gasteiger partial charge on any atom is -0.465 e. The monoisotopic (exact) mass is 434 g/mol. The number of hydrogen-bond donors (Lipinski definition) is 0. The van der Waals surface area contributed by atoms with Gasteiger partial charge in [0.15, 0.2) is 0 Å². The lowest BCUT2D eigenvalue weighted by Gasteiger charge is -2.58. The van der Waals surface area contributed by atoms with E-state index in [4.69, 9.17) is 4.74 Å². The summed E-state index contributed by atoms with van der Waals surface area (Å²) in [4.78, 5) is 24.1. The van der Waals surface area contributed by atoms with Gasteiger partial charge in [-0.2, -0.15) is 0 Å². The van der Waals surface area contributed by atoms with Crippen LogP contribution >= 0.6 is 0 Å². The first-order valence-electron chi connectivity index (χ1n) is 12.7. The van der Waals surface area contributed by atoms with Crippen molar-refractivity contribution in [3.8, 4) is 0 Å². The standard InChI is InChI=1S/C29H38O3/c1-18(30)24-11-12-25-23-10-9-22-17-21(19-5-7-20(8-6-19)27(31)32-4)13-15-28(22,2)26(23)14-16-29(24,25)3/h5-9,21,23-26H,10-17H2,1-4H3/t21-,23?,24+,25?,26?,28-,29+/m0/s1. The highest BCUT2D eigenvalue weighted by molar-refractivity contribution is 5.89. The summed E-state index contributed by atoms with van der Waals surface area (Å²) in [6.45, 7) is 6.80. The average Bonchev–Trinajstić information content (AvgIpc) is 3.15. The van der Waals surface area contributed by atoms with Crippen LogP contribution in [0, 0.1) is 34.5 Å². The molecule has 3 nitrogen and oxygen atoms in total. The number of fused-ring (bicyclic) bond motifs is 5. The lowest BCUT2D eigenvalue weighted by atomic mass is 9.46. The number of allylic oxidation sites excluding steroid dienone is 2. The van der Waals surface area contributed by atoms with Gasteiger partial charge in [-0.3, -0.25) is 4.79 Å². The molecule has 1 aromatic rings. The Morgan fingerprint density at radius 3 is 2.41 bits per heavy atom. The Morgan fingerprint density at radius 1 is 0.969 bits per heavy atom. The molecule has 3 unspecified atom stereocenters. The van der Waals surface area contributed by atoms with Crippen LogP contribution in [0.25, 0.3) is 0 Å². The van der Waals surface area contributed by atoms with Gasteiger partial charge in [-0.15, -0.1) is 0 Å². The summed E-state index contributed by atoms with van der Waals surface area (Å²) in [5, 5.41) is 0. The molecule has 3 saturated carbocycles. The van der Waals surface area contributed by atoms with E-state index < -0.39 is 0 Å². The van der Waals surface area contributed by atoms with Gasteiger partial charge in [-0.1, -0.05) is 37.6 Å². The highest BCUT2D eigenvalue weighted by atomic mass is 16.5. The maximum atomic E-state index is 12.4. The summed E-state index contributed by atoms with van der Waals surface area (Å²) in [7, 11) is 1.43. The minimum atomic E-state index is -0.267. The molecular formula is C29H38O3. The van der Waals surface area contributed by atoms with E-state index in [1.54, 1.807) is 5.57 Å². The van der Waals surface area contributed by atoms with Gasteiger partial charge in [0, 0.05) is 5.92 Å². The first-order valence-corrected chi connectivity index (χ1v) is 12.7. The summed E-state index contributed by atoms with van der Waals surface area (Å²) < 4.78 is 4.85. The second-order valence-corrected chi connectivity index (χ2v) is 11.6. The molecule has 0 amide bonds. The predicted molar refractivity (Wildman–Crippen MR) is 126 cm³/mol. The third-order valence-electron chi connectivity index (χ3n) is 10.4. The highest BCUT2D eigenvalue weighted by Crippen LogP contribution is 2.67. The number of hydrogen-bond acceptors (Lipinski definition) is 3. The number of methoxy groups -OCH3 is 1. The normalized spacial score (nSPS) is 40.5. The van der Waals surface area contributed by atoms with Crippen LogP contribution in [0.2, 0.25) is 0 Å². The lowest BCUT2D eigenvalue weighted by molar-refractivity contribution is -0.127. The Balaban J connectivity index is 1.36. The Kier molecular flexibility index (Phi) is 5.38. The van der Waals surface area contributed by atoms with Crippen molar-refractivity contribution in [1.82, 2.24) is 0 Å². The molecule has 32 heavy (non-hydrogen) atoms. The number of Topliss-reactive ketones (excluding diaryl/α,β-unsaturated/α-hetero) is 1. The van der Waals surface area contributed by atoms with E-state index in [2.05, 4.69) is 32.1 Å². The number of carbonyl (C=O) groups excluding carboxylic acids is 2. The Hall–Kier alpha value is -1.90. The van der Waals surface area contributed by atoms with Crippen LogP contribution in [0.1, 0.15) is 94.0 Å². The topological polar surface area (TPSA) is 43.4 Å². The maximum absolute atomic E-state index is 12.4. The molecule has 5 rings (SSSR count). The van der Waals surface area contributed by atoms with Crippen LogP contribution in [0.3, 0.4) is 0 Å². The molecule has 0 radical (unpaired) electrons. The summed E-state index contributed by atoms with van der Waals surface area (Å²) in [6.07, 6.45) is 12.3. The summed E-state index contributed by atoms with van der Waals surface area (Å²) in [6, 6.07) is 8.07. The van der Waals surface area contributed by atoms with Crippen LogP contribution in [0.15, 0.2) is 35.9 Å². The lowest BCUT2D eigenvalue weighted by Crippen LogP contribution is -2.50. The molecule has 0 spiro atoms. The molecule has 172 valence electrons. The van der Waals surface area contributed by atoms with E-state index >= 15 is 0 Å². The fourth-order valence-corrected chi connectivity index (χ4v) is 8.62. The Bertz CT molecular complexity index is 944. The van der Waals surface area contributed by atoms with Gasteiger partial charge >= 0.3 is 5.97 Å². The number of benzene rings is 1. The first-order chi connectivity index (χ1) is 15.3. The zero-order valence-corrected chi connectivity index (χ0v) is 20.2. The zero-order valence-electron chi connectivity index (χ0n) is 20.2. The smallest absolute Gasteiger partial charge is 0.337 e. The predicted octanol–water partition coefficient (Wildman–Crippen LogP) is 6.72. The molecule has 0 saturated heterocycles. The molecule has 0 aliphatic heterocycles. The fraction of sp³-hybridized carbons (Fsp3) is 0.655. The van der Waals surface area contributed by atoms with E-state index in [0.29, 0.717) is 28.6 Å². The summed E-state index contributed by atoms with van der Waals surface area (Å²) >= 11 is 0. The number of ketones is 1. The van der Waals surface area contributed by atoms with Crippen molar-refractivity contribution >= 4 is 11.8 Å². The molecule has 0 aromatic heterocycles. The van der Waals surface area contributed by atoms with Crippen LogP contribution in [0.5, 0.6) is 0 Å². The second-order valence-electron chi connectivity index (χ2n) is 11.6. The summed E-state index contributed by atoms with van der Waals surface area (Å²) in [5.74, 6) is 3.22. The van der Waals surface area contributed by atoms with Crippen molar-refractivity contribution < 1.29 is 14.3 Å². The molecule has 1 aromatic carbocycles. The summed E-state index contributed by atoms with van der Waals surface area (Å²) in [5.41, 5.74) is 4.20. The third-order valence-corrected chi connectivity index (χ3v) is 10.4. The zero-order chi connectivity index (χ0) is 22.7. The second kappa shape index (κ2) is 7.85. The van der Waals surface area contributed by atoms with Gasteiger partial charge in [0.2, 0.25) is 0 Å². The first kappa shape index (κ1) is 21.9. The third kappa shape index (κ3) is 3.22. The van der Waals surface area contributed by atoms with Gasteiger partial charge in [0.25, 0.3) is 0 Å². The van der Waals surface area contributed by atoms with Crippen molar-refractivity contribution in [3.63, 3.8) is 0 Å². The molecular weight excluding hydrogens is 396 g/mol. The van der Waals surface area contributed by atoms with Crippen molar-refractivity contribution in [3.05, 3.63) is 47.0 Å². The molecule has 0 heterocycles. The molecule has 3 heteroatoms. The quantitative estimate of drug-likeness (QED) is 0.391. The van der Waals surface area contributed by atoms with Crippen LogP contribution in [-0.4, -0.2) is 18.9 Å². The van der Waals surface area contributed by atoms with Gasteiger partial charge < -0.3 is 4.74 Å². The fourth-order valence-electron chi connectivity index (χ4n) is 8.62. The van der Waals surface area contributed by atoms with Crippen LogP contribution in [-0.2, 0) is 9.53 Å². The minimum absolute atomic E-state index is 0.229. The van der Waals surface area contributed by atoms with Crippen molar-refractivity contribution in [2.24, 2.45) is 34.5 Å². The van der Waals surface area contributed by atoms with Crippen molar-refractivity contribution in [2.45, 2.75) is 78.1 Å². The largest absolute Gasteiger partial charge is 0.465 e. The van der Waals surface area contributed by atoms with Crippen LogP contribution < -0.4 is 0 Å². The molecule has 7 atom stereocenters. The maximum Gasteiger partial charge on any atom is 0.337 e. The van der Waals surface area contributed by atoms with E-state index in [9.17, 15) is 9.59 Å². The number of carbonyl (C=O) groups is 2. The van der Waals surface area contributed by atoms with E-state index in [0.717, 1.165) is 24.7 Å². The van der Waals surface area contributed by atoms with Crippen molar-refractivity contribution in [1.29, 1.82) is 0 Å². The van der Waals surface area contributed by atoms with E-state index in [1.807, 2.05) is 19.1 Å². The molecule has 3 fully saturated rings. The SMILES string of the molecule is COC(=O)c1ccc([C@H]2CC[C@@]3(C)C(=CCC4C3CC[C@@]3(C)C4CC[C@@H]3C(C)=O)C2)cc1. The van der Waals surface area contributed by atoms with E-state index in [1.165, 1.54) is 51.2 Å². The molecule has 4 aliphatic rings.